The molecule has 0 saturated carbocycles. The SMILES string of the molecule is Cc1ccc(Oc2ccc(N3C(=S)N[C@@H](c4ccccn4)[C@@H]3c3cc(C)n(-c4cccc(C(=O)O)c4)c3C)cc2)cc1. The van der Waals surface area contributed by atoms with E-state index in [-0.39, 0.29) is 17.6 Å². The van der Waals surface area contributed by atoms with Crippen LogP contribution in [0.3, 0.4) is 0 Å². The van der Waals surface area contributed by atoms with E-state index in [0.717, 1.165) is 45.5 Å². The van der Waals surface area contributed by atoms with Gasteiger partial charge < -0.3 is 24.6 Å². The summed E-state index contributed by atoms with van der Waals surface area (Å²) >= 11 is 5.93. The number of aromatic carboxylic acids is 1. The molecule has 0 aliphatic carbocycles. The lowest BCUT2D eigenvalue weighted by atomic mass is 9.96. The molecule has 1 saturated heterocycles. The average molecular weight is 575 g/mol. The number of carbonyl (C=O) groups is 1. The van der Waals surface area contributed by atoms with Gasteiger partial charge in [-0.3, -0.25) is 4.98 Å². The summed E-state index contributed by atoms with van der Waals surface area (Å²) < 4.78 is 8.16. The zero-order valence-corrected chi connectivity index (χ0v) is 24.3. The van der Waals surface area contributed by atoms with Crippen molar-refractivity contribution in [2.45, 2.75) is 32.9 Å². The minimum absolute atomic E-state index is 0.207. The first-order valence-corrected chi connectivity index (χ1v) is 14.1. The molecule has 0 unspecified atom stereocenters. The van der Waals surface area contributed by atoms with Crippen molar-refractivity contribution in [3.63, 3.8) is 0 Å². The van der Waals surface area contributed by atoms with E-state index in [4.69, 9.17) is 17.0 Å². The molecule has 8 heteroatoms. The van der Waals surface area contributed by atoms with Crippen molar-refractivity contribution < 1.29 is 14.6 Å². The van der Waals surface area contributed by atoms with Gasteiger partial charge in [-0.25, -0.2) is 4.79 Å². The molecule has 0 radical (unpaired) electrons. The van der Waals surface area contributed by atoms with Crippen LogP contribution in [0.25, 0.3) is 5.69 Å². The maximum Gasteiger partial charge on any atom is 0.335 e. The van der Waals surface area contributed by atoms with Crippen LogP contribution in [0.15, 0.2) is 103 Å². The molecule has 0 spiro atoms. The van der Waals surface area contributed by atoms with Crippen LogP contribution in [0.2, 0.25) is 0 Å². The van der Waals surface area contributed by atoms with Gasteiger partial charge in [0.2, 0.25) is 0 Å². The number of ether oxygens (including phenoxy) is 1. The Labute approximate surface area is 250 Å². The number of benzene rings is 3. The van der Waals surface area contributed by atoms with Crippen LogP contribution in [-0.2, 0) is 0 Å². The van der Waals surface area contributed by atoms with Gasteiger partial charge in [-0.05, 0) is 111 Å². The Bertz CT molecular complexity index is 1770. The molecule has 6 rings (SSSR count). The van der Waals surface area contributed by atoms with Gasteiger partial charge >= 0.3 is 5.97 Å². The van der Waals surface area contributed by atoms with E-state index >= 15 is 0 Å². The standard InChI is InChI=1S/C34H30N4O3S/c1-21-10-14-27(15-11-21)41-28-16-12-25(13-17-28)38-32(31(36-34(38)42)30-9-4-5-18-35-30)29-19-22(2)37(23(29)3)26-8-6-7-24(20-26)33(39)40/h4-20,31-32H,1-3H3,(H,36,42)(H,39,40)/t31-,32-/m0/s1. The van der Waals surface area contributed by atoms with Gasteiger partial charge in [-0.15, -0.1) is 0 Å². The maximum absolute atomic E-state index is 11.7. The third-order valence-electron chi connectivity index (χ3n) is 7.61. The number of anilines is 1. The topological polar surface area (TPSA) is 79.6 Å². The second-order valence-corrected chi connectivity index (χ2v) is 10.8. The largest absolute Gasteiger partial charge is 0.478 e. The molecule has 210 valence electrons. The van der Waals surface area contributed by atoms with Gasteiger partial charge in [0.15, 0.2) is 5.11 Å². The quantitative estimate of drug-likeness (QED) is 0.195. The predicted octanol–water partition coefficient (Wildman–Crippen LogP) is 7.47. The van der Waals surface area contributed by atoms with Gasteiger partial charge in [0.1, 0.15) is 11.5 Å². The summed E-state index contributed by atoms with van der Waals surface area (Å²) in [5.74, 6) is 0.551. The minimum Gasteiger partial charge on any atom is -0.478 e. The van der Waals surface area contributed by atoms with E-state index in [2.05, 4.69) is 32.8 Å². The summed E-state index contributed by atoms with van der Waals surface area (Å²) in [5.41, 5.74) is 7.07. The van der Waals surface area contributed by atoms with Crippen molar-refractivity contribution in [1.82, 2.24) is 14.9 Å². The zero-order chi connectivity index (χ0) is 29.4. The smallest absolute Gasteiger partial charge is 0.335 e. The summed E-state index contributed by atoms with van der Waals surface area (Å²) in [7, 11) is 0. The van der Waals surface area contributed by atoms with E-state index in [9.17, 15) is 9.90 Å². The molecule has 0 bridgehead atoms. The number of nitrogens with zero attached hydrogens (tertiary/aromatic N) is 3. The number of thiocarbonyl (C=S) groups is 1. The molecule has 3 aromatic carbocycles. The highest BCUT2D eigenvalue weighted by atomic mass is 32.1. The van der Waals surface area contributed by atoms with E-state index < -0.39 is 5.97 Å². The van der Waals surface area contributed by atoms with Gasteiger partial charge in [0, 0.05) is 29.0 Å². The van der Waals surface area contributed by atoms with Crippen LogP contribution in [0.4, 0.5) is 5.69 Å². The Hall–Kier alpha value is -4.95. The van der Waals surface area contributed by atoms with Crippen molar-refractivity contribution in [2.75, 3.05) is 4.90 Å². The van der Waals surface area contributed by atoms with E-state index in [1.54, 1.807) is 24.4 Å². The van der Waals surface area contributed by atoms with Crippen molar-refractivity contribution in [2.24, 2.45) is 0 Å². The highest BCUT2D eigenvalue weighted by Gasteiger charge is 2.42. The lowest BCUT2D eigenvalue weighted by Crippen LogP contribution is -2.29. The summed E-state index contributed by atoms with van der Waals surface area (Å²) in [6.07, 6.45) is 1.79. The maximum atomic E-state index is 11.7. The first-order chi connectivity index (χ1) is 20.3. The molecule has 1 aliphatic rings. The number of carboxylic acid groups (broad SMARTS) is 1. The number of pyridine rings is 1. The summed E-state index contributed by atoms with van der Waals surface area (Å²) in [6.45, 7) is 6.13. The van der Waals surface area contributed by atoms with Crippen LogP contribution in [-0.4, -0.2) is 25.7 Å². The fourth-order valence-electron chi connectivity index (χ4n) is 5.63. The molecular weight excluding hydrogens is 544 g/mol. The predicted molar refractivity (Wildman–Crippen MR) is 168 cm³/mol. The fourth-order valence-corrected chi connectivity index (χ4v) is 5.97. The molecule has 42 heavy (non-hydrogen) atoms. The van der Waals surface area contributed by atoms with E-state index in [0.29, 0.717) is 5.11 Å². The molecule has 1 aliphatic heterocycles. The summed E-state index contributed by atoms with van der Waals surface area (Å²) in [4.78, 5) is 18.5. The number of aromatic nitrogens is 2. The van der Waals surface area contributed by atoms with Crippen LogP contribution in [0.5, 0.6) is 11.5 Å². The lowest BCUT2D eigenvalue weighted by Gasteiger charge is -2.28. The second kappa shape index (κ2) is 11.1. The molecule has 0 amide bonds. The molecule has 1 fully saturated rings. The Kier molecular flexibility index (Phi) is 7.22. The summed E-state index contributed by atoms with van der Waals surface area (Å²) in [6, 6.07) is 30.5. The van der Waals surface area contributed by atoms with Crippen molar-refractivity contribution in [3.05, 3.63) is 137 Å². The normalized spacial score (nSPS) is 16.4. The molecule has 2 atom stereocenters. The highest BCUT2D eigenvalue weighted by Crippen LogP contribution is 2.44. The molecule has 7 nitrogen and oxygen atoms in total. The Morgan fingerprint density at radius 3 is 2.26 bits per heavy atom. The fraction of sp³-hybridized carbons (Fsp3) is 0.147. The Morgan fingerprint density at radius 2 is 1.60 bits per heavy atom. The number of carboxylic acids is 1. The van der Waals surface area contributed by atoms with Gasteiger partial charge in [-0.1, -0.05) is 29.8 Å². The van der Waals surface area contributed by atoms with Crippen molar-refractivity contribution in [1.29, 1.82) is 0 Å². The molecule has 3 heterocycles. The van der Waals surface area contributed by atoms with E-state index in [1.807, 2.05) is 86.6 Å². The molecule has 2 aromatic heterocycles. The van der Waals surface area contributed by atoms with Crippen LogP contribution in [0.1, 0.15) is 50.7 Å². The average Bonchev–Trinajstić information content (AvgIpc) is 3.49. The third-order valence-corrected chi connectivity index (χ3v) is 7.92. The minimum atomic E-state index is -0.957. The number of aryl methyl sites for hydroxylation is 2. The van der Waals surface area contributed by atoms with E-state index in [1.165, 1.54) is 5.56 Å². The lowest BCUT2D eigenvalue weighted by molar-refractivity contribution is 0.0697. The van der Waals surface area contributed by atoms with Crippen molar-refractivity contribution in [3.8, 4) is 17.2 Å². The molecular formula is C34H30N4O3S. The molecule has 5 aromatic rings. The number of rotatable bonds is 7. The molecule has 2 N–H and O–H groups in total. The third kappa shape index (κ3) is 5.12. The van der Waals surface area contributed by atoms with Crippen LogP contribution < -0.4 is 15.0 Å². The second-order valence-electron chi connectivity index (χ2n) is 10.4. The van der Waals surface area contributed by atoms with Gasteiger partial charge in [-0.2, -0.15) is 0 Å². The Balaban J connectivity index is 1.41. The van der Waals surface area contributed by atoms with Gasteiger partial charge in [0.05, 0.1) is 23.3 Å². The van der Waals surface area contributed by atoms with Crippen LogP contribution >= 0.6 is 12.2 Å². The number of hydrogen-bond donors (Lipinski definition) is 2. The monoisotopic (exact) mass is 574 g/mol. The number of nitrogens with one attached hydrogen (secondary N) is 1. The first kappa shape index (κ1) is 27.2. The van der Waals surface area contributed by atoms with Gasteiger partial charge in [0.25, 0.3) is 0 Å². The van der Waals surface area contributed by atoms with Crippen molar-refractivity contribution >= 4 is 29.0 Å². The zero-order valence-electron chi connectivity index (χ0n) is 23.5. The summed E-state index contributed by atoms with van der Waals surface area (Å²) in [5, 5.41) is 13.7. The van der Waals surface area contributed by atoms with Crippen LogP contribution in [0, 0.1) is 20.8 Å². The Morgan fingerprint density at radius 1 is 0.881 bits per heavy atom. The highest BCUT2D eigenvalue weighted by molar-refractivity contribution is 7.80. The number of hydrogen-bond acceptors (Lipinski definition) is 4. The first-order valence-electron chi connectivity index (χ1n) is 13.7.